The van der Waals surface area contributed by atoms with Crippen LogP contribution in [-0.2, 0) is 0 Å². The number of pyridine rings is 1. The third kappa shape index (κ3) is 7.67. The summed E-state index contributed by atoms with van der Waals surface area (Å²) in [5, 5.41) is 15.2. The number of aliphatic hydroxyl groups excluding tert-OH is 1. The minimum atomic E-state index is -0.539. The predicted molar refractivity (Wildman–Crippen MR) is 143 cm³/mol. The summed E-state index contributed by atoms with van der Waals surface area (Å²) in [4.78, 5) is 7.13. The highest BCUT2D eigenvalue weighted by Crippen LogP contribution is 2.32. The van der Waals surface area contributed by atoms with Crippen LogP contribution in [0.15, 0.2) is 42.6 Å². The number of rotatable bonds is 15. The van der Waals surface area contributed by atoms with E-state index < -0.39 is 6.10 Å². The molecule has 1 N–H and O–H groups in total. The van der Waals surface area contributed by atoms with Gasteiger partial charge in [-0.25, -0.2) is 0 Å². The van der Waals surface area contributed by atoms with Crippen LogP contribution in [0.2, 0.25) is 5.02 Å². The van der Waals surface area contributed by atoms with E-state index >= 15 is 0 Å². The standard InChI is InChI=1S/C29H41ClN2O/c1-3-5-7-9-11-18-32(19-12-10-8-6-4-2)22-28(33)27-20-23-15-16-24(30)21-26(23)29-25(27)14-13-17-31-29/h13-17,20-21,28,33H,3-12,18-19,22H2,1-2H3. The van der Waals surface area contributed by atoms with E-state index in [1.807, 2.05) is 30.5 Å². The summed E-state index contributed by atoms with van der Waals surface area (Å²) in [6.07, 6.45) is 14.1. The Labute approximate surface area is 205 Å². The molecule has 2 aromatic carbocycles. The quantitative estimate of drug-likeness (QED) is 0.180. The van der Waals surface area contributed by atoms with Gasteiger partial charge in [0.1, 0.15) is 0 Å². The molecule has 0 saturated carbocycles. The van der Waals surface area contributed by atoms with Gasteiger partial charge >= 0.3 is 0 Å². The maximum atomic E-state index is 11.4. The van der Waals surface area contributed by atoms with Crippen LogP contribution in [0.1, 0.15) is 89.7 Å². The first-order valence-corrected chi connectivity index (χ1v) is 13.4. The van der Waals surface area contributed by atoms with Crippen molar-refractivity contribution in [2.24, 2.45) is 0 Å². The van der Waals surface area contributed by atoms with E-state index in [-0.39, 0.29) is 0 Å². The molecule has 3 rings (SSSR count). The third-order valence-electron chi connectivity index (χ3n) is 6.65. The van der Waals surface area contributed by atoms with E-state index in [4.69, 9.17) is 11.6 Å². The summed E-state index contributed by atoms with van der Waals surface area (Å²) in [6.45, 7) is 7.32. The lowest BCUT2D eigenvalue weighted by molar-refractivity contribution is 0.111. The van der Waals surface area contributed by atoms with Crippen LogP contribution in [0.3, 0.4) is 0 Å². The first-order chi connectivity index (χ1) is 16.1. The Morgan fingerprint density at radius 3 is 2.18 bits per heavy atom. The molecule has 0 aliphatic rings. The maximum Gasteiger partial charge on any atom is 0.0923 e. The SMILES string of the molecule is CCCCCCCN(CCCCCCC)CC(O)c1cc2ccc(Cl)cc2c2ncccc12. The summed E-state index contributed by atoms with van der Waals surface area (Å²) in [6, 6.07) is 12.1. The molecule has 0 aliphatic carbocycles. The molecular weight excluding hydrogens is 428 g/mol. The Bertz CT molecular complexity index is 976. The smallest absolute Gasteiger partial charge is 0.0923 e. The Morgan fingerprint density at radius 1 is 0.848 bits per heavy atom. The van der Waals surface area contributed by atoms with Crippen LogP contribution >= 0.6 is 11.6 Å². The van der Waals surface area contributed by atoms with Crippen molar-refractivity contribution >= 4 is 33.3 Å². The number of unbranched alkanes of at least 4 members (excludes halogenated alkanes) is 8. The minimum absolute atomic E-state index is 0.539. The van der Waals surface area contributed by atoms with Gasteiger partial charge in [0.05, 0.1) is 11.6 Å². The predicted octanol–water partition coefficient (Wildman–Crippen LogP) is 8.32. The molecule has 0 fully saturated rings. The molecule has 4 heteroatoms. The lowest BCUT2D eigenvalue weighted by atomic mass is 9.97. The zero-order valence-corrected chi connectivity index (χ0v) is 21.3. The minimum Gasteiger partial charge on any atom is -0.387 e. The second kappa shape index (κ2) is 13.9. The van der Waals surface area contributed by atoms with E-state index in [1.54, 1.807) is 0 Å². The third-order valence-corrected chi connectivity index (χ3v) is 6.88. The number of hydrogen-bond donors (Lipinski definition) is 1. The van der Waals surface area contributed by atoms with Crippen LogP contribution in [-0.4, -0.2) is 34.6 Å². The van der Waals surface area contributed by atoms with Gasteiger partial charge in [-0.15, -0.1) is 0 Å². The topological polar surface area (TPSA) is 36.4 Å². The van der Waals surface area contributed by atoms with Crippen LogP contribution in [0.4, 0.5) is 0 Å². The van der Waals surface area contributed by atoms with Crippen LogP contribution in [0.5, 0.6) is 0 Å². The molecule has 180 valence electrons. The molecule has 0 aliphatic heterocycles. The van der Waals surface area contributed by atoms with Gasteiger partial charge in [-0.1, -0.05) is 88.9 Å². The van der Waals surface area contributed by atoms with Gasteiger partial charge in [-0.3, -0.25) is 4.98 Å². The second-order valence-electron chi connectivity index (χ2n) is 9.38. The molecule has 3 aromatic rings. The molecule has 1 heterocycles. The van der Waals surface area contributed by atoms with Crippen molar-refractivity contribution in [3.63, 3.8) is 0 Å². The molecule has 0 spiro atoms. The van der Waals surface area contributed by atoms with Crippen molar-refractivity contribution in [2.75, 3.05) is 19.6 Å². The first-order valence-electron chi connectivity index (χ1n) is 13.0. The van der Waals surface area contributed by atoms with Crippen molar-refractivity contribution < 1.29 is 5.11 Å². The number of halogens is 1. The summed E-state index contributed by atoms with van der Waals surface area (Å²) in [5.41, 5.74) is 1.88. The van der Waals surface area contributed by atoms with E-state index in [0.717, 1.165) is 40.3 Å². The fourth-order valence-corrected chi connectivity index (χ4v) is 4.92. The molecule has 1 atom stereocenters. The Kier molecular flexibility index (Phi) is 10.9. The Morgan fingerprint density at radius 2 is 1.52 bits per heavy atom. The molecule has 1 aromatic heterocycles. The maximum absolute atomic E-state index is 11.4. The van der Waals surface area contributed by atoms with Crippen molar-refractivity contribution in [3.8, 4) is 0 Å². The number of aliphatic hydroxyl groups is 1. The van der Waals surface area contributed by atoms with Gasteiger partial charge in [0.2, 0.25) is 0 Å². The van der Waals surface area contributed by atoms with Gasteiger partial charge in [-0.05, 0) is 61.1 Å². The van der Waals surface area contributed by atoms with Crippen molar-refractivity contribution in [2.45, 2.75) is 84.2 Å². The average molecular weight is 469 g/mol. The molecule has 0 amide bonds. The number of benzene rings is 2. The molecule has 0 saturated heterocycles. The largest absolute Gasteiger partial charge is 0.387 e. The average Bonchev–Trinajstić information content (AvgIpc) is 2.83. The van der Waals surface area contributed by atoms with E-state index in [9.17, 15) is 5.11 Å². The van der Waals surface area contributed by atoms with Gasteiger partial charge in [0.25, 0.3) is 0 Å². The van der Waals surface area contributed by atoms with Crippen molar-refractivity contribution in [3.05, 3.63) is 53.2 Å². The number of aromatic nitrogens is 1. The number of nitrogens with zero attached hydrogens (tertiary/aromatic N) is 2. The Hall–Kier alpha value is -1.68. The number of fused-ring (bicyclic) bond motifs is 3. The van der Waals surface area contributed by atoms with Crippen molar-refractivity contribution in [1.82, 2.24) is 9.88 Å². The zero-order valence-electron chi connectivity index (χ0n) is 20.5. The second-order valence-corrected chi connectivity index (χ2v) is 9.81. The summed E-state index contributed by atoms with van der Waals surface area (Å²) >= 11 is 6.27. The van der Waals surface area contributed by atoms with Gasteiger partial charge in [0, 0.05) is 28.5 Å². The monoisotopic (exact) mass is 468 g/mol. The highest BCUT2D eigenvalue weighted by atomic mass is 35.5. The lowest BCUT2D eigenvalue weighted by Crippen LogP contribution is -2.31. The number of hydrogen-bond acceptors (Lipinski definition) is 3. The highest BCUT2D eigenvalue weighted by molar-refractivity contribution is 6.31. The summed E-state index contributed by atoms with van der Waals surface area (Å²) in [5.74, 6) is 0. The fourth-order valence-electron chi connectivity index (χ4n) is 4.75. The Balaban J connectivity index is 1.76. The van der Waals surface area contributed by atoms with Gasteiger partial charge in [0.15, 0.2) is 0 Å². The van der Waals surface area contributed by atoms with E-state index in [2.05, 4.69) is 35.9 Å². The summed E-state index contributed by atoms with van der Waals surface area (Å²) < 4.78 is 0. The highest BCUT2D eigenvalue weighted by Gasteiger charge is 2.18. The molecular formula is C29H41ClN2O. The molecule has 0 radical (unpaired) electrons. The van der Waals surface area contributed by atoms with Crippen LogP contribution in [0, 0.1) is 0 Å². The van der Waals surface area contributed by atoms with Crippen LogP contribution in [0.25, 0.3) is 21.7 Å². The summed E-state index contributed by atoms with van der Waals surface area (Å²) in [7, 11) is 0. The van der Waals surface area contributed by atoms with Gasteiger partial charge in [-0.2, -0.15) is 0 Å². The molecule has 0 bridgehead atoms. The normalized spacial score (nSPS) is 12.8. The van der Waals surface area contributed by atoms with Gasteiger partial charge < -0.3 is 10.0 Å². The zero-order chi connectivity index (χ0) is 23.5. The molecule has 3 nitrogen and oxygen atoms in total. The van der Waals surface area contributed by atoms with E-state index in [0.29, 0.717) is 11.6 Å². The molecule has 1 unspecified atom stereocenters. The molecule has 33 heavy (non-hydrogen) atoms. The van der Waals surface area contributed by atoms with E-state index in [1.165, 1.54) is 64.2 Å². The van der Waals surface area contributed by atoms with Crippen LogP contribution < -0.4 is 0 Å². The fraction of sp³-hybridized carbons (Fsp3) is 0.552. The lowest BCUT2D eigenvalue weighted by Gasteiger charge is -2.26. The van der Waals surface area contributed by atoms with Crippen molar-refractivity contribution in [1.29, 1.82) is 0 Å². The first kappa shape index (κ1) is 25.9.